The van der Waals surface area contributed by atoms with Crippen LogP contribution in [0.3, 0.4) is 0 Å². The molecule has 2 aliphatic rings. The van der Waals surface area contributed by atoms with Crippen LogP contribution in [0.25, 0.3) is 0 Å². The van der Waals surface area contributed by atoms with Crippen LogP contribution < -0.4 is 29.3 Å². The average Bonchev–Trinajstić information content (AvgIpc) is 2.77. The van der Waals surface area contributed by atoms with Crippen LogP contribution in [0, 0.1) is 0 Å². The second kappa shape index (κ2) is 5.91. The Morgan fingerprint density at radius 3 is 2.53 bits per heavy atom. The maximum absolute atomic E-state index is 2.38. The fourth-order valence-electron chi connectivity index (χ4n) is 3.69. The number of hydrogen-bond acceptors (Lipinski definition) is 0. The van der Waals surface area contributed by atoms with Crippen LogP contribution in [0.5, 0.6) is 0 Å². The van der Waals surface area contributed by atoms with Crippen LogP contribution >= 0.6 is 0 Å². The van der Waals surface area contributed by atoms with Gasteiger partial charge >= 0.3 is 116 Å². The quantitative estimate of drug-likeness (QED) is 0.403. The summed E-state index contributed by atoms with van der Waals surface area (Å²) in [4.78, 5) is 0. The summed E-state index contributed by atoms with van der Waals surface area (Å²) in [5.74, 6) is 0.686. The first kappa shape index (κ1) is 17.3. The van der Waals surface area contributed by atoms with Gasteiger partial charge in [-0.05, 0) is 0 Å². The summed E-state index contributed by atoms with van der Waals surface area (Å²) in [6.07, 6.45) is 1.31. The SMILES string of the molecule is CC[N+]1(C)C2=C(C)[CH]([Ti+])CC2c2ccccc21.[Cl-].[Cl-]. The van der Waals surface area contributed by atoms with Crippen LogP contribution in [-0.2, 0) is 20.4 Å². The van der Waals surface area contributed by atoms with E-state index in [9.17, 15) is 0 Å². The molecule has 1 aliphatic heterocycles. The Kier molecular flexibility index (Phi) is 5.37. The van der Waals surface area contributed by atoms with Crippen LogP contribution in [0.2, 0.25) is 4.22 Å². The van der Waals surface area contributed by atoms with Crippen molar-refractivity contribution in [3.63, 3.8) is 0 Å². The third kappa shape index (κ3) is 2.24. The van der Waals surface area contributed by atoms with Crippen molar-refractivity contribution in [3.8, 4) is 0 Å². The zero-order valence-electron chi connectivity index (χ0n) is 11.6. The second-order valence-corrected chi connectivity index (χ2v) is 6.56. The van der Waals surface area contributed by atoms with Gasteiger partial charge in [-0.2, -0.15) is 0 Å². The van der Waals surface area contributed by atoms with E-state index in [0.717, 1.165) is 15.3 Å². The summed E-state index contributed by atoms with van der Waals surface area (Å²) in [6.45, 7) is 5.81. The summed E-state index contributed by atoms with van der Waals surface area (Å²) in [5.41, 5.74) is 6.42. The minimum Gasteiger partial charge on any atom is -1.00 e. The molecule has 0 amide bonds. The fraction of sp³-hybridized carbons (Fsp3) is 0.467. The van der Waals surface area contributed by atoms with E-state index in [1.54, 1.807) is 16.8 Å². The van der Waals surface area contributed by atoms with E-state index >= 15 is 0 Å². The van der Waals surface area contributed by atoms with Crippen molar-refractivity contribution in [1.82, 2.24) is 4.48 Å². The largest absolute Gasteiger partial charge is 1.00 e. The van der Waals surface area contributed by atoms with Gasteiger partial charge in [0, 0.05) is 0 Å². The number of quaternary nitrogens is 1. The third-order valence-electron chi connectivity index (χ3n) is 4.74. The van der Waals surface area contributed by atoms with Crippen molar-refractivity contribution < 1.29 is 45.2 Å². The van der Waals surface area contributed by atoms with E-state index in [0.29, 0.717) is 5.92 Å². The molecule has 19 heavy (non-hydrogen) atoms. The number of hydrogen-bond donors (Lipinski definition) is 0. The third-order valence-corrected chi connectivity index (χ3v) is 5.78. The van der Waals surface area contributed by atoms with Crippen molar-refractivity contribution in [2.24, 2.45) is 0 Å². The van der Waals surface area contributed by atoms with Gasteiger partial charge in [0.15, 0.2) is 0 Å². The maximum atomic E-state index is 2.38. The molecule has 0 radical (unpaired) electrons. The molecule has 1 nitrogen and oxygen atoms in total. The van der Waals surface area contributed by atoms with E-state index in [2.05, 4.69) is 65.6 Å². The minimum atomic E-state index is 0. The number of para-hydroxylation sites is 1. The van der Waals surface area contributed by atoms with Crippen molar-refractivity contribution in [2.45, 2.75) is 30.4 Å². The van der Waals surface area contributed by atoms with Crippen LogP contribution in [0.4, 0.5) is 5.69 Å². The smallest absolute Gasteiger partial charge is 1.00 e. The van der Waals surface area contributed by atoms with E-state index in [1.807, 2.05) is 0 Å². The predicted molar refractivity (Wildman–Crippen MR) is 68.5 cm³/mol. The Balaban J connectivity index is 0.000000902. The van der Waals surface area contributed by atoms with Crippen molar-refractivity contribution in [2.75, 3.05) is 13.6 Å². The molecular formula is C15H19Cl2NTi. The molecule has 0 bridgehead atoms. The standard InChI is InChI=1S/C15H19N.2ClH.Ti/c1-4-16(3)14-8-6-5-7-12(14)13-10-9-11(2)15(13)16;;;/h5-9,13H,4,10H2,1-3H3;2*1H;/q+1;;;+1/p-2. The van der Waals surface area contributed by atoms with E-state index in [4.69, 9.17) is 0 Å². The van der Waals surface area contributed by atoms with Gasteiger partial charge in [-0.1, -0.05) is 0 Å². The Morgan fingerprint density at radius 1 is 1.26 bits per heavy atom. The molecule has 3 rings (SSSR count). The minimum absolute atomic E-state index is 0. The number of rotatable bonds is 1. The Hall–Kier alpha value is 0.214. The van der Waals surface area contributed by atoms with Gasteiger partial charge in [-0.3, -0.25) is 0 Å². The molecule has 3 unspecified atom stereocenters. The number of fused-ring (bicyclic) bond motifs is 3. The molecule has 0 saturated carbocycles. The molecule has 1 aromatic rings. The maximum Gasteiger partial charge on any atom is -1.00 e. The molecule has 0 N–H and O–H groups in total. The molecular weight excluding hydrogens is 313 g/mol. The molecule has 0 spiro atoms. The van der Waals surface area contributed by atoms with Crippen LogP contribution in [0.15, 0.2) is 35.5 Å². The summed E-state index contributed by atoms with van der Waals surface area (Å²) in [5, 5.41) is 0. The molecule has 1 aromatic carbocycles. The Morgan fingerprint density at radius 2 is 1.89 bits per heavy atom. The molecule has 1 heterocycles. The Labute approximate surface area is 140 Å². The molecule has 0 aromatic heterocycles. The second-order valence-electron chi connectivity index (χ2n) is 5.48. The van der Waals surface area contributed by atoms with Gasteiger partial charge in [-0.25, -0.2) is 0 Å². The zero-order chi connectivity index (χ0) is 12.2. The summed E-state index contributed by atoms with van der Waals surface area (Å²) >= 11 is 2.38. The van der Waals surface area contributed by atoms with Crippen molar-refractivity contribution in [3.05, 3.63) is 41.1 Å². The first-order valence-electron chi connectivity index (χ1n) is 6.47. The van der Waals surface area contributed by atoms with Gasteiger partial charge in [-0.15, -0.1) is 0 Å². The van der Waals surface area contributed by atoms with E-state index < -0.39 is 0 Å². The monoisotopic (exact) mass is 331 g/mol. The number of halogens is 2. The predicted octanol–water partition coefficient (Wildman–Crippen LogP) is -2.24. The van der Waals surface area contributed by atoms with Gasteiger partial charge in [0.1, 0.15) is 0 Å². The van der Waals surface area contributed by atoms with Gasteiger partial charge in [0.25, 0.3) is 0 Å². The average molecular weight is 332 g/mol. The van der Waals surface area contributed by atoms with Crippen molar-refractivity contribution in [1.29, 1.82) is 0 Å². The first-order valence-corrected chi connectivity index (χ1v) is 7.37. The molecule has 0 fully saturated rings. The number of benzene rings is 1. The number of allylic oxidation sites excluding steroid dienone is 2. The molecule has 3 atom stereocenters. The molecule has 4 heteroatoms. The van der Waals surface area contributed by atoms with E-state index in [-0.39, 0.29) is 24.8 Å². The van der Waals surface area contributed by atoms with Gasteiger partial charge in [0.2, 0.25) is 0 Å². The first-order chi connectivity index (χ1) is 8.09. The molecule has 102 valence electrons. The van der Waals surface area contributed by atoms with E-state index in [1.165, 1.54) is 12.1 Å². The normalized spacial score (nSPS) is 31.3. The fourth-order valence-corrected chi connectivity index (χ4v) is 4.29. The van der Waals surface area contributed by atoms with Crippen molar-refractivity contribution >= 4 is 5.69 Å². The Bertz CT molecular complexity index is 515. The summed E-state index contributed by atoms with van der Waals surface area (Å²) < 4.78 is 1.80. The molecule has 1 aliphatic carbocycles. The molecule has 0 saturated heterocycles. The van der Waals surface area contributed by atoms with Gasteiger partial charge < -0.3 is 24.8 Å². The van der Waals surface area contributed by atoms with Gasteiger partial charge in [0.05, 0.1) is 0 Å². The van der Waals surface area contributed by atoms with Crippen LogP contribution in [-0.4, -0.2) is 13.6 Å². The number of nitrogens with zero attached hydrogens (tertiary/aromatic N) is 1. The van der Waals surface area contributed by atoms with Crippen LogP contribution in [0.1, 0.15) is 31.7 Å². The summed E-state index contributed by atoms with van der Waals surface area (Å²) in [7, 11) is 2.38. The number of likely N-dealkylation sites (N-methyl/N-ethyl adjacent to an activating group) is 1. The zero-order valence-corrected chi connectivity index (χ0v) is 14.7. The topological polar surface area (TPSA) is 0 Å². The summed E-state index contributed by atoms with van der Waals surface area (Å²) in [6, 6.07) is 9.04.